The summed E-state index contributed by atoms with van der Waals surface area (Å²) in [6.07, 6.45) is 6.99. The molecule has 132 valence electrons. The Balaban J connectivity index is 1.67. The largest absolute Gasteiger partial charge is 0.354 e. The van der Waals surface area contributed by atoms with Crippen molar-refractivity contribution in [2.24, 2.45) is 0 Å². The predicted octanol–water partition coefficient (Wildman–Crippen LogP) is 2.83. The van der Waals surface area contributed by atoms with E-state index < -0.39 is 0 Å². The zero-order valence-electron chi connectivity index (χ0n) is 15.1. The van der Waals surface area contributed by atoms with Gasteiger partial charge in [-0.2, -0.15) is 0 Å². The molecule has 1 aromatic rings. The smallest absolute Gasteiger partial charge is 0.268 e. The molecule has 5 nitrogen and oxygen atoms in total. The van der Waals surface area contributed by atoms with Crippen LogP contribution in [0, 0.1) is 6.92 Å². The van der Waals surface area contributed by atoms with Gasteiger partial charge in [0.2, 0.25) is 0 Å². The van der Waals surface area contributed by atoms with Gasteiger partial charge >= 0.3 is 0 Å². The van der Waals surface area contributed by atoms with E-state index in [-0.39, 0.29) is 17.7 Å². The Morgan fingerprint density at radius 2 is 1.96 bits per heavy atom. The first kappa shape index (κ1) is 17.2. The highest BCUT2D eigenvalue weighted by Gasteiger charge is 2.31. The van der Waals surface area contributed by atoms with Crippen LogP contribution in [-0.2, 0) is 6.42 Å². The number of carbonyl (C=O) groups excluding carboxylic acids is 2. The van der Waals surface area contributed by atoms with Crippen LogP contribution in [-0.4, -0.2) is 46.7 Å². The fourth-order valence-corrected chi connectivity index (χ4v) is 4.46. The molecule has 0 spiro atoms. The molecular weight excluding hydrogens is 302 g/mol. The van der Waals surface area contributed by atoms with Crippen LogP contribution in [0.2, 0.25) is 0 Å². The topological polar surface area (TPSA) is 65.2 Å². The number of carbonyl (C=O) groups is 2. The lowest BCUT2D eigenvalue weighted by atomic mass is 10.0. The number of Topliss-reactive ketones (excluding diaryl/α,β-unsaturated/α-hetero) is 1. The fourth-order valence-electron chi connectivity index (χ4n) is 4.46. The van der Waals surface area contributed by atoms with Gasteiger partial charge in [-0.1, -0.05) is 19.8 Å². The Kier molecular flexibility index (Phi) is 5.09. The van der Waals surface area contributed by atoms with Crippen molar-refractivity contribution in [3.05, 3.63) is 22.5 Å². The zero-order valence-corrected chi connectivity index (χ0v) is 15.1. The summed E-state index contributed by atoms with van der Waals surface area (Å²) in [6, 6.07) is 0.933. The van der Waals surface area contributed by atoms with Crippen LogP contribution in [0.25, 0.3) is 0 Å². The Labute approximate surface area is 144 Å². The molecule has 1 unspecified atom stereocenters. The number of H-pyrrole nitrogens is 1. The number of hydrogen-bond acceptors (Lipinski definition) is 3. The number of likely N-dealkylation sites (tertiary alicyclic amines) is 1. The van der Waals surface area contributed by atoms with Crippen molar-refractivity contribution in [3.8, 4) is 0 Å². The molecule has 1 aliphatic carbocycles. The maximum Gasteiger partial charge on any atom is 0.268 e. The highest BCUT2D eigenvalue weighted by Crippen LogP contribution is 2.27. The number of aromatic amines is 1. The van der Waals surface area contributed by atoms with E-state index in [1.165, 1.54) is 25.7 Å². The second-order valence-electron chi connectivity index (χ2n) is 7.28. The van der Waals surface area contributed by atoms with Crippen LogP contribution in [0.3, 0.4) is 0 Å². The average Bonchev–Trinajstić information content (AvgIpc) is 3.24. The molecular formula is C19H29N3O2. The molecule has 1 atom stereocenters. The third-order valence-electron chi connectivity index (χ3n) is 5.62. The third-order valence-corrected chi connectivity index (χ3v) is 5.62. The molecule has 2 heterocycles. The molecule has 3 rings (SSSR count). The van der Waals surface area contributed by atoms with Gasteiger partial charge in [-0.15, -0.1) is 0 Å². The minimum atomic E-state index is -0.0688. The molecule has 5 heteroatoms. The van der Waals surface area contributed by atoms with Crippen molar-refractivity contribution in [2.75, 3.05) is 13.1 Å². The molecule has 0 aromatic carbocycles. The van der Waals surface area contributed by atoms with E-state index >= 15 is 0 Å². The minimum Gasteiger partial charge on any atom is -0.354 e. The van der Waals surface area contributed by atoms with Gasteiger partial charge in [-0.25, -0.2) is 0 Å². The molecule has 2 fully saturated rings. The summed E-state index contributed by atoms with van der Waals surface area (Å²) in [7, 11) is 0. The standard InChI is InChI=1S/C19H29N3O2/c1-4-16-17(13(3)23)12(2)20-18(16)19(24)21-14-9-10-22(11-14)15-7-5-6-8-15/h14-15,20H,4-11H2,1-3H3,(H,21,24). The summed E-state index contributed by atoms with van der Waals surface area (Å²) in [4.78, 5) is 30.3. The first-order valence-electron chi connectivity index (χ1n) is 9.28. The lowest BCUT2D eigenvalue weighted by Gasteiger charge is -2.23. The highest BCUT2D eigenvalue weighted by molar-refractivity contribution is 6.02. The van der Waals surface area contributed by atoms with E-state index in [4.69, 9.17) is 0 Å². The SMILES string of the molecule is CCc1c(C(=O)NC2CCN(C3CCCC3)C2)[nH]c(C)c1C(C)=O. The molecule has 0 radical (unpaired) electrons. The number of rotatable bonds is 5. The summed E-state index contributed by atoms with van der Waals surface area (Å²) >= 11 is 0. The summed E-state index contributed by atoms with van der Waals surface area (Å²) in [5, 5.41) is 3.18. The molecule has 1 saturated heterocycles. The normalized spacial score (nSPS) is 22.2. The van der Waals surface area contributed by atoms with Crippen LogP contribution in [0.5, 0.6) is 0 Å². The Hall–Kier alpha value is -1.62. The van der Waals surface area contributed by atoms with E-state index in [1.807, 2.05) is 13.8 Å². The van der Waals surface area contributed by atoms with Crippen LogP contribution in [0.4, 0.5) is 0 Å². The van der Waals surface area contributed by atoms with E-state index in [0.29, 0.717) is 17.7 Å². The first-order chi connectivity index (χ1) is 11.5. The van der Waals surface area contributed by atoms with E-state index in [1.54, 1.807) is 6.92 Å². The number of aromatic nitrogens is 1. The summed E-state index contributed by atoms with van der Waals surface area (Å²) in [5.41, 5.74) is 2.90. The van der Waals surface area contributed by atoms with E-state index in [2.05, 4.69) is 15.2 Å². The van der Waals surface area contributed by atoms with Crippen LogP contribution in [0.15, 0.2) is 0 Å². The lowest BCUT2D eigenvalue weighted by molar-refractivity contribution is 0.0930. The first-order valence-corrected chi connectivity index (χ1v) is 9.28. The van der Waals surface area contributed by atoms with Gasteiger partial charge in [0.1, 0.15) is 5.69 Å². The molecule has 1 saturated carbocycles. The third kappa shape index (κ3) is 3.27. The Morgan fingerprint density at radius 3 is 2.58 bits per heavy atom. The molecule has 1 aliphatic heterocycles. The van der Waals surface area contributed by atoms with Gasteiger partial charge in [0.05, 0.1) is 0 Å². The summed E-state index contributed by atoms with van der Waals surface area (Å²) in [6.45, 7) is 7.45. The maximum atomic E-state index is 12.7. The second kappa shape index (κ2) is 7.09. The minimum absolute atomic E-state index is 0.0212. The van der Waals surface area contributed by atoms with E-state index in [9.17, 15) is 9.59 Å². The molecule has 2 aliphatic rings. The monoisotopic (exact) mass is 331 g/mol. The Bertz CT molecular complexity index is 629. The number of ketones is 1. The van der Waals surface area contributed by atoms with Crippen LogP contribution in [0.1, 0.15) is 78.1 Å². The molecule has 2 N–H and O–H groups in total. The summed E-state index contributed by atoms with van der Waals surface area (Å²) in [5.74, 6) is -0.0475. The number of amides is 1. The second-order valence-corrected chi connectivity index (χ2v) is 7.28. The van der Waals surface area contributed by atoms with Crippen molar-refractivity contribution >= 4 is 11.7 Å². The highest BCUT2D eigenvalue weighted by atomic mass is 16.2. The van der Waals surface area contributed by atoms with Crippen molar-refractivity contribution < 1.29 is 9.59 Å². The number of nitrogens with zero attached hydrogens (tertiary/aromatic N) is 1. The van der Waals surface area contributed by atoms with Crippen LogP contribution >= 0.6 is 0 Å². The zero-order chi connectivity index (χ0) is 17.3. The number of aryl methyl sites for hydroxylation is 1. The van der Waals surface area contributed by atoms with Crippen molar-refractivity contribution in [2.45, 2.75) is 71.4 Å². The van der Waals surface area contributed by atoms with Crippen LogP contribution < -0.4 is 5.32 Å². The summed E-state index contributed by atoms with van der Waals surface area (Å²) < 4.78 is 0. The number of nitrogens with one attached hydrogen (secondary N) is 2. The lowest BCUT2D eigenvalue weighted by Crippen LogP contribution is -2.39. The molecule has 1 amide bonds. The maximum absolute atomic E-state index is 12.7. The van der Waals surface area contributed by atoms with Crippen molar-refractivity contribution in [3.63, 3.8) is 0 Å². The van der Waals surface area contributed by atoms with Gasteiger partial charge in [0, 0.05) is 36.4 Å². The van der Waals surface area contributed by atoms with Gasteiger partial charge in [0.15, 0.2) is 5.78 Å². The molecule has 0 bridgehead atoms. The Morgan fingerprint density at radius 1 is 1.25 bits per heavy atom. The van der Waals surface area contributed by atoms with Gasteiger partial charge in [-0.05, 0) is 45.1 Å². The van der Waals surface area contributed by atoms with Crippen molar-refractivity contribution in [1.82, 2.24) is 15.2 Å². The molecule has 1 aromatic heterocycles. The quantitative estimate of drug-likeness (QED) is 0.816. The van der Waals surface area contributed by atoms with E-state index in [0.717, 1.165) is 36.8 Å². The van der Waals surface area contributed by atoms with Gasteiger partial charge in [0.25, 0.3) is 5.91 Å². The predicted molar refractivity (Wildman–Crippen MR) is 94.6 cm³/mol. The van der Waals surface area contributed by atoms with Gasteiger partial charge < -0.3 is 10.3 Å². The van der Waals surface area contributed by atoms with Crippen molar-refractivity contribution in [1.29, 1.82) is 0 Å². The fraction of sp³-hybridized carbons (Fsp3) is 0.684. The number of hydrogen-bond donors (Lipinski definition) is 2. The molecule has 24 heavy (non-hydrogen) atoms. The van der Waals surface area contributed by atoms with Gasteiger partial charge in [-0.3, -0.25) is 14.5 Å². The average molecular weight is 331 g/mol.